The van der Waals surface area contributed by atoms with Gasteiger partial charge in [0.25, 0.3) is 0 Å². The number of carbonyl (C=O) groups is 3. The summed E-state index contributed by atoms with van der Waals surface area (Å²) < 4.78 is 16.0. The molecule has 0 bridgehead atoms. The molecule has 1 aliphatic heterocycles. The Morgan fingerprint density at radius 2 is 1.85 bits per heavy atom. The average Bonchev–Trinajstić information content (AvgIpc) is 3.41. The normalized spacial score (nSPS) is 39.8. The van der Waals surface area contributed by atoms with E-state index in [1.54, 1.807) is 13.8 Å². The van der Waals surface area contributed by atoms with Crippen molar-refractivity contribution in [2.24, 2.45) is 44.8 Å². The molecule has 10 heteroatoms. The van der Waals surface area contributed by atoms with E-state index < -0.39 is 17.7 Å². The van der Waals surface area contributed by atoms with Gasteiger partial charge < -0.3 is 19.0 Å². The molecule has 3 saturated carbocycles. The number of hydrogen-bond donors (Lipinski definition) is 1. The quantitative estimate of drug-likeness (QED) is 0.162. The van der Waals surface area contributed by atoms with Crippen LogP contribution >= 0.6 is 0 Å². The summed E-state index contributed by atoms with van der Waals surface area (Å²) in [6.07, 6.45) is 7.95. The van der Waals surface area contributed by atoms with Gasteiger partial charge in [0.05, 0.1) is 24.8 Å². The van der Waals surface area contributed by atoms with Gasteiger partial charge in [-0.1, -0.05) is 30.7 Å². The van der Waals surface area contributed by atoms with Crippen LogP contribution in [0.3, 0.4) is 0 Å². The number of esters is 2. The second-order valence-corrected chi connectivity index (χ2v) is 12.5. The number of hydrogen-bond acceptors (Lipinski definition) is 9. The second kappa shape index (κ2) is 10.5. The first kappa shape index (κ1) is 28.6. The smallest absolute Gasteiger partial charge is 0.427 e. The highest BCUT2D eigenvalue weighted by Gasteiger charge is 2.74. The summed E-state index contributed by atoms with van der Waals surface area (Å²) in [5, 5.41) is 8.75. The number of amides is 1. The third-order valence-corrected chi connectivity index (χ3v) is 10.8. The fourth-order valence-electron chi connectivity index (χ4n) is 9.15. The maximum absolute atomic E-state index is 13.0. The van der Waals surface area contributed by atoms with Crippen LogP contribution in [0.15, 0.2) is 21.9 Å². The van der Waals surface area contributed by atoms with Gasteiger partial charge in [0.2, 0.25) is 0 Å². The van der Waals surface area contributed by atoms with Crippen LogP contribution < -0.4 is 5.43 Å². The molecule has 0 saturated heterocycles. The third kappa shape index (κ3) is 4.24. The van der Waals surface area contributed by atoms with Gasteiger partial charge in [-0.05, 0) is 82.5 Å². The lowest BCUT2D eigenvalue weighted by Gasteiger charge is -2.58. The van der Waals surface area contributed by atoms with Crippen molar-refractivity contribution in [2.75, 3.05) is 13.2 Å². The van der Waals surface area contributed by atoms with Gasteiger partial charge in [0, 0.05) is 18.8 Å². The molecule has 0 spiro atoms. The first-order valence-electron chi connectivity index (χ1n) is 14.8. The molecule has 5 rings (SSSR count). The van der Waals surface area contributed by atoms with Gasteiger partial charge >= 0.3 is 18.0 Å². The molecule has 1 amide bonds. The highest BCUT2D eigenvalue weighted by molar-refractivity contribution is 6.38. The Morgan fingerprint density at radius 1 is 1.10 bits per heavy atom. The zero-order valence-corrected chi connectivity index (χ0v) is 24.6. The Kier molecular flexibility index (Phi) is 7.50. The summed E-state index contributed by atoms with van der Waals surface area (Å²) in [4.78, 5) is 43.1. The van der Waals surface area contributed by atoms with Gasteiger partial charge in [0.1, 0.15) is 6.10 Å². The highest BCUT2D eigenvalue weighted by Crippen LogP contribution is 2.70. The van der Waals surface area contributed by atoms with Crippen molar-refractivity contribution in [3.63, 3.8) is 0 Å². The maximum atomic E-state index is 13.0. The van der Waals surface area contributed by atoms with E-state index in [0.29, 0.717) is 23.3 Å². The Balaban J connectivity index is 1.49. The van der Waals surface area contributed by atoms with Crippen molar-refractivity contribution in [2.45, 2.75) is 98.2 Å². The van der Waals surface area contributed by atoms with E-state index in [9.17, 15) is 14.4 Å². The number of hydrazone groups is 1. The molecule has 10 nitrogen and oxygen atoms in total. The van der Waals surface area contributed by atoms with E-state index in [1.165, 1.54) is 12.5 Å². The van der Waals surface area contributed by atoms with Crippen LogP contribution in [0.1, 0.15) is 86.5 Å². The molecule has 5 aliphatic rings. The fraction of sp³-hybridized carbons (Fsp3) is 0.767. The van der Waals surface area contributed by atoms with E-state index in [0.717, 1.165) is 44.9 Å². The van der Waals surface area contributed by atoms with Crippen LogP contribution in [0.25, 0.3) is 0 Å². The maximum Gasteiger partial charge on any atom is 0.427 e. The summed E-state index contributed by atoms with van der Waals surface area (Å²) in [7, 11) is 0. The van der Waals surface area contributed by atoms with Crippen molar-refractivity contribution in [3.05, 3.63) is 11.6 Å². The first-order chi connectivity index (χ1) is 19.0. The van der Waals surface area contributed by atoms with Crippen molar-refractivity contribution < 1.29 is 33.4 Å². The number of fused-ring (bicyclic) bond motifs is 7. The predicted molar refractivity (Wildman–Crippen MR) is 147 cm³/mol. The molecule has 8 atom stereocenters. The number of allylic oxidation sites excluding steroid dienone is 1. The Hall–Kier alpha value is -2.91. The highest BCUT2D eigenvalue weighted by atomic mass is 16.7. The molecular weight excluding hydrogens is 514 g/mol. The van der Waals surface area contributed by atoms with Gasteiger partial charge in [-0.25, -0.2) is 15.0 Å². The van der Waals surface area contributed by atoms with Crippen molar-refractivity contribution in [3.8, 4) is 0 Å². The number of nitrogens with one attached hydrogen (secondary N) is 1. The second-order valence-electron chi connectivity index (χ2n) is 12.5. The molecule has 0 unspecified atom stereocenters. The first-order valence-corrected chi connectivity index (χ1v) is 14.8. The van der Waals surface area contributed by atoms with Gasteiger partial charge in [-0.15, -0.1) is 0 Å². The number of carbonyl (C=O) groups excluding carboxylic acids is 3. The molecule has 3 fully saturated rings. The Morgan fingerprint density at radius 3 is 2.55 bits per heavy atom. The third-order valence-electron chi connectivity index (χ3n) is 10.8. The summed E-state index contributed by atoms with van der Waals surface area (Å²) in [6.45, 7) is 12.0. The van der Waals surface area contributed by atoms with E-state index in [4.69, 9.17) is 19.0 Å². The lowest BCUT2D eigenvalue weighted by molar-refractivity contribution is -0.149. The van der Waals surface area contributed by atoms with Crippen LogP contribution in [0.2, 0.25) is 0 Å². The molecule has 4 aliphatic carbocycles. The van der Waals surface area contributed by atoms with Gasteiger partial charge in [-0.3, -0.25) is 4.79 Å². The predicted octanol–water partition coefficient (Wildman–Crippen LogP) is 4.92. The van der Waals surface area contributed by atoms with E-state index in [2.05, 4.69) is 35.6 Å². The summed E-state index contributed by atoms with van der Waals surface area (Å²) in [6, 6.07) is 0. The van der Waals surface area contributed by atoms with E-state index in [1.807, 2.05) is 6.92 Å². The number of oxime groups is 1. The standard InChI is InChI=1S/C30H43N3O7/c1-7-37-26(35)25-24-16-23-21-10-9-19-15-20(39-18(4)34)11-13-28(19,5)22(21)12-14-29(23,6)30(24,40-33-25)17(3)31-32-27(36)38-8-2/h9,20-24H,7-8,10-16H2,1-6H3,(H,32,36)/b31-17+/t20-,21-,22+,23-,24-,28-,29-,30+/m0/s1. The summed E-state index contributed by atoms with van der Waals surface area (Å²) in [5.74, 6) is 0.139. The van der Waals surface area contributed by atoms with Crippen LogP contribution in [0, 0.1) is 34.5 Å². The average molecular weight is 558 g/mol. The monoisotopic (exact) mass is 557 g/mol. The van der Waals surface area contributed by atoms with Crippen LogP contribution in [-0.4, -0.2) is 54.4 Å². The molecule has 0 aromatic rings. The van der Waals surface area contributed by atoms with Gasteiger partial charge in [0.15, 0.2) is 11.3 Å². The zero-order valence-electron chi connectivity index (χ0n) is 24.6. The molecule has 0 aromatic heterocycles. The topological polar surface area (TPSA) is 125 Å². The van der Waals surface area contributed by atoms with Crippen molar-refractivity contribution in [1.82, 2.24) is 5.43 Å². The largest absolute Gasteiger partial charge is 0.462 e. The zero-order chi connectivity index (χ0) is 28.9. The number of nitrogens with zero attached hydrogens (tertiary/aromatic N) is 2. The SMILES string of the molecule is CCOC(=O)N/N=C(\C)[C@@]12ON=C(C(=O)OCC)[C@@H]1C[C@H]1[C@H]3CC=C4C[C@@H](OC(C)=O)CC[C@]4(C)[C@@H]3CC[C@@]12C. The number of rotatable bonds is 6. The lowest BCUT2D eigenvalue weighted by Crippen LogP contribution is -2.59. The Labute approximate surface area is 236 Å². The van der Waals surface area contributed by atoms with Crippen molar-refractivity contribution >= 4 is 29.5 Å². The number of ether oxygens (including phenoxy) is 3. The molecule has 220 valence electrons. The Bertz CT molecular complexity index is 1160. The molecule has 1 N–H and O–H groups in total. The minimum Gasteiger partial charge on any atom is -0.462 e. The lowest BCUT2D eigenvalue weighted by atomic mass is 9.46. The minimum atomic E-state index is -0.970. The molecule has 1 heterocycles. The molecule has 0 aromatic carbocycles. The molecule has 0 radical (unpaired) electrons. The van der Waals surface area contributed by atoms with E-state index >= 15 is 0 Å². The minimum absolute atomic E-state index is 0.0427. The van der Waals surface area contributed by atoms with Gasteiger partial charge in [-0.2, -0.15) is 5.10 Å². The van der Waals surface area contributed by atoms with Crippen molar-refractivity contribution in [1.29, 1.82) is 0 Å². The van der Waals surface area contributed by atoms with Crippen LogP contribution in [-0.2, 0) is 28.6 Å². The molecule has 40 heavy (non-hydrogen) atoms. The summed E-state index contributed by atoms with van der Waals surface area (Å²) >= 11 is 0. The molecular formula is C30H43N3O7. The van der Waals surface area contributed by atoms with Crippen LogP contribution in [0.4, 0.5) is 4.79 Å². The van der Waals surface area contributed by atoms with Crippen LogP contribution in [0.5, 0.6) is 0 Å². The van der Waals surface area contributed by atoms with E-state index in [-0.39, 0.29) is 48.0 Å². The summed E-state index contributed by atoms with van der Waals surface area (Å²) in [5.41, 5.74) is 3.53. The fourth-order valence-corrected chi connectivity index (χ4v) is 9.15.